The zero-order valence-electron chi connectivity index (χ0n) is 36.0. The molecule has 4 aromatic rings. The predicted octanol–water partition coefficient (Wildman–Crippen LogP) is 5.23. The van der Waals surface area contributed by atoms with E-state index in [9.17, 15) is 29.4 Å². The molecule has 20 heteroatoms. The van der Waals surface area contributed by atoms with Gasteiger partial charge in [-0.3, -0.25) is 25.2 Å². The van der Waals surface area contributed by atoms with Crippen molar-refractivity contribution in [3.8, 4) is 0 Å². The highest BCUT2D eigenvalue weighted by atomic mass is 32.1. The lowest BCUT2D eigenvalue weighted by Gasteiger charge is -2.35. The first kappa shape index (κ1) is 50.1. The number of hydrogen-bond donors (Lipinski definition) is 6. The van der Waals surface area contributed by atoms with Crippen LogP contribution < -0.4 is 36.0 Å². The lowest BCUT2D eigenvalue weighted by atomic mass is 9.83. The predicted molar refractivity (Wildman–Crippen MR) is 253 cm³/mol. The van der Waals surface area contributed by atoms with Crippen LogP contribution in [0.3, 0.4) is 0 Å². The number of carbonyl (C=O) groups is 4. The Hall–Kier alpha value is -5.54. The van der Waals surface area contributed by atoms with E-state index >= 15 is 0 Å². The Balaban J connectivity index is 0.000000238. The summed E-state index contributed by atoms with van der Waals surface area (Å²) in [6, 6.07) is 16.7. The Kier molecular flexibility index (Phi) is 17.3. The Morgan fingerprint density at radius 1 is 0.698 bits per heavy atom. The zero-order chi connectivity index (χ0) is 43.9. The number of amides is 4. The van der Waals surface area contributed by atoms with Crippen LogP contribution in [0, 0.1) is 5.41 Å². The molecule has 4 aliphatic heterocycles. The summed E-state index contributed by atoms with van der Waals surface area (Å²) < 4.78 is 0. The number of nitrogens with one attached hydrogen (secondary N) is 2. The molecule has 0 aromatic carbocycles. The average molecular weight is 906 g/mol. The van der Waals surface area contributed by atoms with E-state index in [0.717, 1.165) is 50.4 Å². The summed E-state index contributed by atoms with van der Waals surface area (Å²) in [6.07, 6.45) is 6.38. The van der Waals surface area contributed by atoms with E-state index in [1.165, 1.54) is 6.07 Å². The van der Waals surface area contributed by atoms with Crippen molar-refractivity contribution >= 4 is 85.5 Å². The normalized spacial score (nSPS) is 16.7. The average Bonchev–Trinajstić information content (AvgIpc) is 3.83. The molecule has 4 bridgehead atoms. The number of nitrogens with two attached hydrogens (primary N) is 1. The van der Waals surface area contributed by atoms with Crippen LogP contribution in [0.2, 0.25) is 0 Å². The van der Waals surface area contributed by atoms with E-state index in [1.807, 2.05) is 39.8 Å². The van der Waals surface area contributed by atoms with Gasteiger partial charge in [0.1, 0.15) is 17.3 Å². The second-order valence-corrected chi connectivity index (χ2v) is 16.9. The van der Waals surface area contributed by atoms with Crippen LogP contribution >= 0.6 is 27.0 Å². The van der Waals surface area contributed by atoms with Crippen LogP contribution in [0.1, 0.15) is 80.8 Å². The third-order valence-electron chi connectivity index (χ3n) is 10.8. The van der Waals surface area contributed by atoms with E-state index in [2.05, 4.69) is 40.4 Å². The number of pyridine rings is 4. The number of fused-ring (bicyclic) bond motifs is 8. The Labute approximate surface area is 381 Å². The van der Waals surface area contributed by atoms with Crippen LogP contribution in [0.15, 0.2) is 73.1 Å². The number of hydrogen-bond acceptors (Lipinski definition) is 13. The molecule has 4 amide bonds. The quantitative estimate of drug-likeness (QED) is 0.112. The molecule has 2 atom stereocenters. The van der Waals surface area contributed by atoms with Crippen molar-refractivity contribution in [1.29, 1.82) is 0 Å². The van der Waals surface area contributed by atoms with E-state index in [4.69, 9.17) is 10.8 Å². The van der Waals surface area contributed by atoms with Gasteiger partial charge in [0, 0.05) is 63.7 Å². The molecule has 7 N–H and O–H groups in total. The summed E-state index contributed by atoms with van der Waals surface area (Å²) in [5, 5.41) is 32.3. The molecule has 8 rings (SSSR count). The van der Waals surface area contributed by atoms with Crippen LogP contribution in [0.5, 0.6) is 0 Å². The molecule has 0 saturated carbocycles. The van der Waals surface area contributed by atoms with Gasteiger partial charge in [-0.05, 0) is 93.5 Å². The van der Waals surface area contributed by atoms with E-state index in [0.29, 0.717) is 41.8 Å². The molecule has 2 saturated heterocycles. The van der Waals surface area contributed by atoms with Gasteiger partial charge in [-0.25, -0.2) is 34.3 Å². The number of urea groups is 2. The van der Waals surface area contributed by atoms with Gasteiger partial charge in [-0.15, -0.1) is 0 Å². The molecular weight excluding hydrogens is 847 g/mol. The van der Waals surface area contributed by atoms with Crippen molar-refractivity contribution in [3.63, 3.8) is 0 Å². The van der Waals surface area contributed by atoms with Crippen molar-refractivity contribution in [2.45, 2.75) is 77.4 Å². The maximum atomic E-state index is 13.1. The molecule has 0 radical (unpaired) electrons. The maximum absolute atomic E-state index is 13.1. The fourth-order valence-corrected chi connectivity index (χ4v) is 7.63. The summed E-state index contributed by atoms with van der Waals surface area (Å²) in [5.41, 5.74) is 6.89. The lowest BCUT2D eigenvalue weighted by Crippen LogP contribution is -2.48. The van der Waals surface area contributed by atoms with E-state index in [1.54, 1.807) is 64.7 Å². The SMILES string of the molecule is CC(C)(CCO)CC(=O)c1ccc2c(n1)N(C(=O)Nc1ccccn1)[C@H]1CCN2C1.CC(C)(N)CCO.O=C(O)c1ccc2c(n1)N(C(=O)Nc1ccccn1)[C@H]1CCN2C1.S.S. The number of carbonyl (C=O) groups excluding carboxylic acids is 3. The van der Waals surface area contributed by atoms with Crippen molar-refractivity contribution in [3.05, 3.63) is 84.4 Å². The van der Waals surface area contributed by atoms with Crippen molar-refractivity contribution in [2.24, 2.45) is 11.1 Å². The number of carboxylic acid groups (broad SMARTS) is 1. The number of Topliss-reactive ketones (excluding diaryl/α,β-unsaturated/α-hetero) is 1. The van der Waals surface area contributed by atoms with Crippen molar-refractivity contribution in [2.75, 3.05) is 69.6 Å². The molecule has 0 spiro atoms. The van der Waals surface area contributed by atoms with Gasteiger partial charge in [0.25, 0.3) is 0 Å². The Morgan fingerprint density at radius 3 is 1.56 bits per heavy atom. The van der Waals surface area contributed by atoms with Gasteiger partial charge in [0.05, 0.1) is 23.5 Å². The lowest BCUT2D eigenvalue weighted by molar-refractivity contribution is 0.0690. The van der Waals surface area contributed by atoms with Gasteiger partial charge in [0.15, 0.2) is 23.1 Å². The minimum Gasteiger partial charge on any atom is -0.477 e. The van der Waals surface area contributed by atoms with E-state index < -0.39 is 5.97 Å². The van der Waals surface area contributed by atoms with Gasteiger partial charge >= 0.3 is 18.0 Å². The maximum Gasteiger partial charge on any atom is 0.354 e. The molecule has 340 valence electrons. The molecule has 0 unspecified atom stereocenters. The summed E-state index contributed by atoms with van der Waals surface area (Å²) in [7, 11) is 0. The summed E-state index contributed by atoms with van der Waals surface area (Å²) >= 11 is 0. The highest BCUT2D eigenvalue weighted by molar-refractivity contribution is 7.59. The fourth-order valence-electron chi connectivity index (χ4n) is 7.63. The topological polar surface area (TPSA) is 244 Å². The van der Waals surface area contributed by atoms with Gasteiger partial charge < -0.3 is 30.9 Å². The third-order valence-corrected chi connectivity index (χ3v) is 10.8. The molecule has 4 aromatic heterocycles. The number of carboxylic acids is 1. The molecule has 63 heavy (non-hydrogen) atoms. The highest BCUT2D eigenvalue weighted by Gasteiger charge is 2.42. The minimum atomic E-state index is -1.11. The van der Waals surface area contributed by atoms with Crippen molar-refractivity contribution < 1.29 is 34.5 Å². The van der Waals surface area contributed by atoms with Gasteiger partial charge in [-0.1, -0.05) is 26.0 Å². The number of aliphatic hydroxyl groups is 2. The van der Waals surface area contributed by atoms with Gasteiger partial charge in [0.2, 0.25) is 0 Å². The molecule has 0 aliphatic carbocycles. The monoisotopic (exact) mass is 905 g/mol. The first-order chi connectivity index (χ1) is 29.1. The van der Waals surface area contributed by atoms with Crippen LogP contribution in [0.25, 0.3) is 0 Å². The largest absolute Gasteiger partial charge is 0.477 e. The molecular formula is C43H59N11O7S2. The second-order valence-electron chi connectivity index (χ2n) is 16.9. The van der Waals surface area contributed by atoms with Crippen LogP contribution in [-0.4, -0.2) is 116 Å². The zero-order valence-corrected chi connectivity index (χ0v) is 38.0. The molecule has 2 fully saturated rings. The minimum absolute atomic E-state index is 0. The smallest absolute Gasteiger partial charge is 0.354 e. The number of aromatic nitrogens is 4. The van der Waals surface area contributed by atoms with Crippen LogP contribution in [-0.2, 0) is 0 Å². The Morgan fingerprint density at radius 2 is 1.16 bits per heavy atom. The van der Waals surface area contributed by atoms with Crippen LogP contribution in [0.4, 0.5) is 44.2 Å². The molecule has 18 nitrogen and oxygen atoms in total. The number of rotatable bonds is 10. The van der Waals surface area contributed by atoms with E-state index in [-0.39, 0.29) is 93.2 Å². The van der Waals surface area contributed by atoms with Gasteiger partial charge in [-0.2, -0.15) is 27.0 Å². The Bertz CT molecular complexity index is 2200. The second kappa shape index (κ2) is 21.7. The number of aliphatic hydroxyl groups excluding tert-OH is 2. The number of ketones is 1. The number of anilines is 6. The molecule has 4 aliphatic rings. The number of nitrogens with zero attached hydrogens (tertiary/aromatic N) is 8. The first-order valence-electron chi connectivity index (χ1n) is 20.4. The first-order valence-corrected chi connectivity index (χ1v) is 20.4. The standard InChI is InChI=1S/C22H27N5O3.C16H15N5O3.C5H13NO.2H2S/c1-22(2,9-12-28)13-18(29)16-6-7-17-20(24-16)27(15-8-11-26(17)14-15)21(30)25-19-5-3-4-10-23-19;22-15(23)11-4-5-12-14(18-11)21(10-6-8-20(12)9-10)16(24)19-13-3-1-2-7-17-13;1-5(2,6)3-4-7;;/h3-7,10,15,28H,8-9,11-14H2,1-2H3,(H,23,25,30);1-5,7,10H,6,8-9H2,(H,22,23)(H,17,19,24);7H,3-4,6H2,1-2H3;2*1H2/t15-;10-;;;/m00.../s1. The molecule has 8 heterocycles. The fraction of sp³-hybridized carbons (Fsp3) is 0.442. The summed E-state index contributed by atoms with van der Waals surface area (Å²) in [6.45, 7) is 11.1. The number of aromatic carboxylic acids is 1. The highest BCUT2D eigenvalue weighted by Crippen LogP contribution is 2.41. The summed E-state index contributed by atoms with van der Waals surface area (Å²) in [4.78, 5) is 74.7. The summed E-state index contributed by atoms with van der Waals surface area (Å²) in [5.74, 6) is 0.617. The van der Waals surface area contributed by atoms with Crippen molar-refractivity contribution in [1.82, 2.24) is 19.9 Å². The third kappa shape index (κ3) is 12.6.